The molecule has 0 saturated heterocycles. The van der Waals surface area contributed by atoms with E-state index in [0.29, 0.717) is 55.5 Å². The second-order valence-corrected chi connectivity index (χ2v) is 7.16. The first-order valence-electron chi connectivity index (χ1n) is 10.7. The van der Waals surface area contributed by atoms with E-state index in [1.165, 1.54) is 14.2 Å². The highest BCUT2D eigenvalue weighted by atomic mass is 16.5. The fourth-order valence-electron chi connectivity index (χ4n) is 2.98. The number of carbonyl (C=O) groups is 1. The summed E-state index contributed by atoms with van der Waals surface area (Å²) >= 11 is 0. The number of hydrogen-bond donors (Lipinski definition) is 4. The van der Waals surface area contributed by atoms with Gasteiger partial charge in [-0.1, -0.05) is 18.0 Å². The molecule has 0 bridgehead atoms. The minimum atomic E-state index is -1.06. The highest BCUT2D eigenvalue weighted by Gasteiger charge is 2.22. The topological polar surface area (TPSA) is 177 Å². The van der Waals surface area contributed by atoms with Crippen molar-refractivity contribution in [1.29, 1.82) is 0 Å². The molecule has 180 valence electrons. The van der Waals surface area contributed by atoms with Gasteiger partial charge in [-0.05, 0) is 43.5 Å². The molecule has 0 aliphatic rings. The molecule has 0 aliphatic carbocycles. The summed E-state index contributed by atoms with van der Waals surface area (Å²) < 4.78 is 16.5. The molecule has 1 aromatic carbocycles. The number of nitrogens with two attached hydrogens (primary N) is 3. The fourth-order valence-corrected chi connectivity index (χ4v) is 2.98. The van der Waals surface area contributed by atoms with Gasteiger partial charge in [0, 0.05) is 19.5 Å². The Morgan fingerprint density at radius 3 is 2.28 bits per heavy atom. The number of benzene rings is 1. The molecule has 0 radical (unpaired) electrons. The van der Waals surface area contributed by atoms with E-state index in [1.807, 2.05) is 0 Å². The highest BCUT2D eigenvalue weighted by molar-refractivity contribution is 5.82. The lowest BCUT2D eigenvalue weighted by Gasteiger charge is -2.17. The van der Waals surface area contributed by atoms with Crippen molar-refractivity contribution < 1.29 is 19.0 Å². The summed E-state index contributed by atoms with van der Waals surface area (Å²) in [5.41, 5.74) is 16.7. The summed E-state index contributed by atoms with van der Waals surface area (Å²) in [7, 11) is 3.02. The van der Waals surface area contributed by atoms with Crippen LogP contribution in [0.1, 0.15) is 37.7 Å². The van der Waals surface area contributed by atoms with Crippen LogP contribution in [-0.2, 0) is 11.2 Å². The Hall–Kier alpha value is -3.08. The molecule has 1 rings (SSSR count). The molecule has 1 unspecified atom stereocenters. The Labute approximate surface area is 189 Å². The molecule has 0 spiro atoms. The number of rotatable bonds is 17. The van der Waals surface area contributed by atoms with Crippen LogP contribution >= 0.6 is 0 Å². The van der Waals surface area contributed by atoms with Crippen LogP contribution in [0.2, 0.25) is 0 Å². The van der Waals surface area contributed by atoms with Gasteiger partial charge in [-0.25, -0.2) is 0 Å². The molecular formula is C21H36N6O5. The molecule has 11 heteroatoms. The lowest BCUT2D eigenvalue weighted by molar-refractivity contribution is -0.122. The van der Waals surface area contributed by atoms with Gasteiger partial charge in [0.05, 0.1) is 20.8 Å². The lowest BCUT2D eigenvalue weighted by atomic mass is 10.0. The quantitative estimate of drug-likeness (QED) is 0.117. The average molecular weight is 453 g/mol. The molecule has 0 fully saturated rings. The largest absolute Gasteiger partial charge is 0.493 e. The van der Waals surface area contributed by atoms with Crippen LogP contribution in [0, 0.1) is 4.91 Å². The van der Waals surface area contributed by atoms with Gasteiger partial charge in [-0.3, -0.25) is 9.79 Å². The number of hydrogen-bond acceptors (Lipinski definition) is 8. The summed E-state index contributed by atoms with van der Waals surface area (Å²) in [5, 5.41) is 5.77. The number of nitrogens with one attached hydrogen (secondary N) is 1. The monoisotopic (exact) mass is 452 g/mol. The van der Waals surface area contributed by atoms with Crippen LogP contribution in [0.25, 0.3) is 0 Å². The molecule has 0 aromatic heterocycles. The Morgan fingerprint density at radius 1 is 1.06 bits per heavy atom. The summed E-state index contributed by atoms with van der Waals surface area (Å²) in [6.45, 7) is 1.98. The first kappa shape index (κ1) is 27.0. The van der Waals surface area contributed by atoms with Crippen LogP contribution in [-0.4, -0.2) is 58.4 Å². The Balaban J connectivity index is 2.61. The number of unbranched alkanes of at least 4 members (excludes halogenated alkanes) is 3. The van der Waals surface area contributed by atoms with Crippen molar-refractivity contribution in [3.8, 4) is 17.2 Å². The lowest BCUT2D eigenvalue weighted by Crippen LogP contribution is -2.35. The predicted octanol–water partition coefficient (Wildman–Crippen LogP) is 1.06. The molecule has 0 aliphatic heterocycles. The number of aliphatic imine (C=N–C) groups is 1. The van der Waals surface area contributed by atoms with Crippen molar-refractivity contribution in [3.05, 3.63) is 22.6 Å². The van der Waals surface area contributed by atoms with Gasteiger partial charge in [-0.2, -0.15) is 0 Å². The second-order valence-electron chi connectivity index (χ2n) is 7.16. The zero-order valence-electron chi connectivity index (χ0n) is 19.0. The molecule has 11 nitrogen and oxygen atoms in total. The van der Waals surface area contributed by atoms with Gasteiger partial charge < -0.3 is 36.7 Å². The Bertz CT molecular complexity index is 714. The average Bonchev–Trinajstić information content (AvgIpc) is 2.79. The number of carbonyl (C=O) groups excluding carboxylic acids is 1. The minimum absolute atomic E-state index is 0.0914. The van der Waals surface area contributed by atoms with Crippen molar-refractivity contribution in [2.75, 3.05) is 40.5 Å². The third-order valence-corrected chi connectivity index (χ3v) is 4.65. The van der Waals surface area contributed by atoms with Crippen LogP contribution < -0.4 is 36.7 Å². The van der Waals surface area contributed by atoms with Crippen molar-refractivity contribution in [2.24, 2.45) is 27.4 Å². The van der Waals surface area contributed by atoms with E-state index in [4.69, 9.17) is 31.4 Å². The number of methoxy groups -OCH3 is 2. The van der Waals surface area contributed by atoms with Crippen LogP contribution in [0.4, 0.5) is 0 Å². The number of nitrogens with zero attached hydrogens (tertiary/aromatic N) is 2. The van der Waals surface area contributed by atoms with Gasteiger partial charge in [0.25, 0.3) is 0 Å². The van der Waals surface area contributed by atoms with E-state index in [0.717, 1.165) is 25.7 Å². The van der Waals surface area contributed by atoms with E-state index in [1.54, 1.807) is 12.1 Å². The fraction of sp³-hybridized carbons (Fsp3) is 0.619. The van der Waals surface area contributed by atoms with Gasteiger partial charge in [0.15, 0.2) is 23.5 Å². The summed E-state index contributed by atoms with van der Waals surface area (Å²) in [4.78, 5) is 27.6. The van der Waals surface area contributed by atoms with E-state index in [-0.39, 0.29) is 12.4 Å². The SMILES string of the molecule is COc1cc(CC(N=O)C(=O)NCCCCCCN=C(N)N)cc(OC)c1OCCCN. The van der Waals surface area contributed by atoms with Gasteiger partial charge >= 0.3 is 0 Å². The minimum Gasteiger partial charge on any atom is -0.493 e. The van der Waals surface area contributed by atoms with Crippen LogP contribution in [0.15, 0.2) is 22.3 Å². The maximum Gasteiger partial charge on any atom is 0.248 e. The van der Waals surface area contributed by atoms with Crippen molar-refractivity contribution in [1.82, 2.24) is 5.32 Å². The maximum atomic E-state index is 12.4. The molecule has 1 aromatic rings. The summed E-state index contributed by atoms with van der Waals surface area (Å²) in [6.07, 6.45) is 4.32. The van der Waals surface area contributed by atoms with Gasteiger partial charge in [-0.15, -0.1) is 4.91 Å². The molecule has 1 amide bonds. The molecule has 0 saturated carbocycles. The van der Waals surface area contributed by atoms with Gasteiger partial charge in [0.2, 0.25) is 11.7 Å². The summed E-state index contributed by atoms with van der Waals surface area (Å²) in [6, 6.07) is 2.36. The summed E-state index contributed by atoms with van der Waals surface area (Å²) in [5.74, 6) is 1.02. The van der Waals surface area contributed by atoms with Gasteiger partial charge in [0.1, 0.15) is 0 Å². The molecular weight excluding hydrogens is 416 g/mol. The number of ether oxygens (including phenoxy) is 3. The second kappa shape index (κ2) is 15.7. The molecule has 7 N–H and O–H groups in total. The van der Waals surface area contributed by atoms with Crippen molar-refractivity contribution in [3.63, 3.8) is 0 Å². The zero-order valence-corrected chi connectivity index (χ0v) is 19.0. The number of amides is 1. The van der Waals surface area contributed by atoms with Crippen LogP contribution in [0.5, 0.6) is 17.2 Å². The number of guanidine groups is 1. The maximum absolute atomic E-state index is 12.4. The first-order valence-corrected chi connectivity index (χ1v) is 10.7. The molecule has 0 heterocycles. The third kappa shape index (κ3) is 9.82. The first-order chi connectivity index (χ1) is 15.5. The van der Waals surface area contributed by atoms with Crippen molar-refractivity contribution >= 4 is 11.9 Å². The zero-order chi connectivity index (χ0) is 23.8. The predicted molar refractivity (Wildman–Crippen MR) is 124 cm³/mol. The number of nitroso groups, excluding NO2 is 1. The van der Waals surface area contributed by atoms with E-state index < -0.39 is 11.9 Å². The van der Waals surface area contributed by atoms with Crippen molar-refractivity contribution in [2.45, 2.75) is 44.6 Å². The molecule has 1 atom stereocenters. The third-order valence-electron chi connectivity index (χ3n) is 4.65. The van der Waals surface area contributed by atoms with Crippen LogP contribution in [0.3, 0.4) is 0 Å². The highest BCUT2D eigenvalue weighted by Crippen LogP contribution is 2.39. The van der Waals surface area contributed by atoms with E-state index >= 15 is 0 Å². The Kier molecular flexibility index (Phi) is 13.2. The Morgan fingerprint density at radius 2 is 1.72 bits per heavy atom. The smallest absolute Gasteiger partial charge is 0.248 e. The molecule has 32 heavy (non-hydrogen) atoms. The van der Waals surface area contributed by atoms with E-state index in [9.17, 15) is 9.70 Å². The standard InChI is InChI=1S/C21H36N6O5/c1-30-17-13-15(14-18(31-2)19(17)32-11-7-8-22)12-16(27-29)20(28)25-9-5-3-4-6-10-26-21(23)24/h13-14,16H,3-12,22H2,1-2H3,(H,25,28)(H4,23,24,26). The normalized spacial score (nSPS) is 11.3. The van der Waals surface area contributed by atoms with E-state index in [2.05, 4.69) is 15.5 Å².